The molecule has 1 aromatic carbocycles. The van der Waals surface area contributed by atoms with Gasteiger partial charge in [0.15, 0.2) is 0 Å². The molecule has 3 rings (SSSR count). The SMILES string of the molecule is COc1ccc(S(=O)(=O)N2CCO[C@@H](CN(C)C)[C@@H]2c2cnn(C)c2)cc1. The average molecular weight is 394 g/mol. The van der Waals surface area contributed by atoms with E-state index in [1.54, 1.807) is 42.3 Å². The number of morpholine rings is 1. The summed E-state index contributed by atoms with van der Waals surface area (Å²) in [6.45, 7) is 1.25. The molecule has 0 amide bonds. The molecule has 0 radical (unpaired) electrons. The zero-order valence-electron chi connectivity index (χ0n) is 16.1. The van der Waals surface area contributed by atoms with Crippen LogP contribution in [0, 0.1) is 0 Å². The van der Waals surface area contributed by atoms with Crippen LogP contribution in [0.5, 0.6) is 5.75 Å². The van der Waals surface area contributed by atoms with Crippen LogP contribution in [0.15, 0.2) is 41.6 Å². The molecule has 0 spiro atoms. The van der Waals surface area contributed by atoms with Gasteiger partial charge in [0.2, 0.25) is 10.0 Å². The highest BCUT2D eigenvalue weighted by atomic mass is 32.2. The molecule has 148 valence electrons. The molecule has 8 nitrogen and oxygen atoms in total. The van der Waals surface area contributed by atoms with Crippen molar-refractivity contribution in [3.63, 3.8) is 0 Å². The Balaban J connectivity index is 2.01. The standard InChI is InChI=1S/C18H26N4O4S/c1-20(2)13-17-18(14-11-19-21(3)12-14)22(9-10-26-17)27(23,24)16-7-5-15(25-4)6-8-16/h5-8,11-12,17-18H,9-10,13H2,1-4H3/t17-,18-/m0/s1. The third-order valence-corrected chi connectivity index (χ3v) is 6.48. The van der Waals surface area contributed by atoms with Crippen molar-refractivity contribution < 1.29 is 17.9 Å². The molecule has 1 aliphatic heterocycles. The highest BCUT2D eigenvalue weighted by molar-refractivity contribution is 7.89. The van der Waals surface area contributed by atoms with E-state index < -0.39 is 16.1 Å². The van der Waals surface area contributed by atoms with E-state index in [1.807, 2.05) is 32.2 Å². The molecule has 0 unspecified atom stereocenters. The Morgan fingerprint density at radius 3 is 2.56 bits per heavy atom. The number of rotatable bonds is 6. The van der Waals surface area contributed by atoms with Crippen LogP contribution in [0.1, 0.15) is 11.6 Å². The number of aromatic nitrogens is 2. The zero-order chi connectivity index (χ0) is 19.6. The highest BCUT2D eigenvalue weighted by Crippen LogP contribution is 2.34. The van der Waals surface area contributed by atoms with Crippen molar-refractivity contribution >= 4 is 10.0 Å². The first kappa shape index (κ1) is 19.8. The summed E-state index contributed by atoms with van der Waals surface area (Å²) in [6.07, 6.45) is 3.27. The predicted molar refractivity (Wildman–Crippen MR) is 101 cm³/mol. The molecule has 1 aliphatic rings. The number of likely N-dealkylation sites (N-methyl/N-ethyl adjacent to an activating group) is 1. The molecule has 27 heavy (non-hydrogen) atoms. The second-order valence-electron chi connectivity index (χ2n) is 6.85. The summed E-state index contributed by atoms with van der Waals surface area (Å²) in [5, 5.41) is 4.23. The maximum absolute atomic E-state index is 13.4. The maximum Gasteiger partial charge on any atom is 0.243 e. The third kappa shape index (κ3) is 4.16. The fourth-order valence-corrected chi connectivity index (χ4v) is 4.97. The van der Waals surface area contributed by atoms with Gasteiger partial charge >= 0.3 is 0 Å². The Bertz CT molecular complexity index is 864. The Kier molecular flexibility index (Phi) is 5.85. The Labute approximate surface area is 160 Å². The van der Waals surface area contributed by atoms with Crippen LogP contribution in [-0.2, 0) is 21.8 Å². The number of hydrogen-bond donors (Lipinski definition) is 0. The minimum atomic E-state index is -3.70. The lowest BCUT2D eigenvalue weighted by Crippen LogP contribution is -2.50. The van der Waals surface area contributed by atoms with Gasteiger partial charge in [-0.25, -0.2) is 8.42 Å². The van der Waals surface area contributed by atoms with Gasteiger partial charge in [-0.2, -0.15) is 9.40 Å². The van der Waals surface area contributed by atoms with Crippen LogP contribution in [0.3, 0.4) is 0 Å². The summed E-state index contributed by atoms with van der Waals surface area (Å²) in [5.41, 5.74) is 0.820. The van der Waals surface area contributed by atoms with Gasteiger partial charge in [-0.15, -0.1) is 0 Å². The summed E-state index contributed by atoms with van der Waals surface area (Å²) in [4.78, 5) is 2.24. The second kappa shape index (κ2) is 7.97. The minimum Gasteiger partial charge on any atom is -0.497 e. The number of hydrogen-bond acceptors (Lipinski definition) is 6. The van der Waals surface area contributed by atoms with Crippen LogP contribution in [0.4, 0.5) is 0 Å². The van der Waals surface area contributed by atoms with Crippen LogP contribution >= 0.6 is 0 Å². The molecule has 2 heterocycles. The van der Waals surface area contributed by atoms with Crippen LogP contribution in [0.2, 0.25) is 0 Å². The van der Waals surface area contributed by atoms with Gasteiger partial charge in [0.05, 0.1) is 37.0 Å². The molecule has 0 N–H and O–H groups in total. The molecule has 0 aliphatic carbocycles. The molecular formula is C18H26N4O4S. The Hall–Kier alpha value is -1.94. The number of nitrogens with zero attached hydrogens (tertiary/aromatic N) is 4. The number of sulfonamides is 1. The van der Waals surface area contributed by atoms with Crippen molar-refractivity contribution in [3.05, 3.63) is 42.2 Å². The van der Waals surface area contributed by atoms with Crippen molar-refractivity contribution in [1.29, 1.82) is 0 Å². The van der Waals surface area contributed by atoms with E-state index in [9.17, 15) is 8.42 Å². The molecule has 1 aromatic heterocycles. The second-order valence-corrected chi connectivity index (χ2v) is 8.75. The fourth-order valence-electron chi connectivity index (χ4n) is 3.35. The fraction of sp³-hybridized carbons (Fsp3) is 0.500. The average Bonchev–Trinajstić information content (AvgIpc) is 3.07. The van der Waals surface area contributed by atoms with Crippen molar-refractivity contribution in [3.8, 4) is 5.75 Å². The molecule has 1 saturated heterocycles. The lowest BCUT2D eigenvalue weighted by molar-refractivity contribution is -0.0514. The van der Waals surface area contributed by atoms with E-state index in [2.05, 4.69) is 5.10 Å². The van der Waals surface area contributed by atoms with E-state index >= 15 is 0 Å². The number of methoxy groups -OCH3 is 1. The first-order valence-corrected chi connectivity index (χ1v) is 10.2. The van der Waals surface area contributed by atoms with E-state index in [0.717, 1.165) is 5.56 Å². The summed E-state index contributed by atoms with van der Waals surface area (Å²) >= 11 is 0. The number of aryl methyl sites for hydroxylation is 1. The van der Waals surface area contributed by atoms with Crippen molar-refractivity contribution in [2.75, 3.05) is 40.9 Å². The van der Waals surface area contributed by atoms with Gasteiger partial charge in [-0.1, -0.05) is 0 Å². The smallest absolute Gasteiger partial charge is 0.243 e. The molecule has 1 fully saturated rings. The van der Waals surface area contributed by atoms with Gasteiger partial charge in [0.1, 0.15) is 5.75 Å². The number of benzene rings is 1. The van der Waals surface area contributed by atoms with E-state index in [4.69, 9.17) is 9.47 Å². The zero-order valence-corrected chi connectivity index (χ0v) is 16.9. The molecule has 0 bridgehead atoms. The normalized spacial score (nSPS) is 21.5. The van der Waals surface area contributed by atoms with Gasteiger partial charge in [0, 0.05) is 31.9 Å². The highest BCUT2D eigenvalue weighted by Gasteiger charge is 2.41. The summed E-state index contributed by atoms with van der Waals surface area (Å²) in [6, 6.07) is 6.02. The first-order chi connectivity index (χ1) is 12.8. The Morgan fingerprint density at radius 1 is 1.30 bits per heavy atom. The van der Waals surface area contributed by atoms with E-state index in [-0.39, 0.29) is 17.5 Å². The lowest BCUT2D eigenvalue weighted by Gasteiger charge is -2.40. The van der Waals surface area contributed by atoms with Gasteiger partial charge in [0.25, 0.3) is 0 Å². The van der Waals surface area contributed by atoms with Gasteiger partial charge < -0.3 is 14.4 Å². The Morgan fingerprint density at radius 2 is 2.00 bits per heavy atom. The molecule has 9 heteroatoms. The lowest BCUT2D eigenvalue weighted by atomic mass is 10.0. The van der Waals surface area contributed by atoms with Crippen LogP contribution in [0.25, 0.3) is 0 Å². The molecular weight excluding hydrogens is 368 g/mol. The van der Waals surface area contributed by atoms with Gasteiger partial charge in [-0.05, 0) is 38.4 Å². The van der Waals surface area contributed by atoms with Crippen LogP contribution in [-0.4, -0.2) is 74.4 Å². The molecule has 0 saturated carbocycles. The van der Waals surface area contributed by atoms with Crippen molar-refractivity contribution in [1.82, 2.24) is 19.0 Å². The predicted octanol–water partition coefficient (Wildman–Crippen LogP) is 1.12. The topological polar surface area (TPSA) is 76.9 Å². The number of ether oxygens (including phenoxy) is 2. The van der Waals surface area contributed by atoms with Crippen molar-refractivity contribution in [2.45, 2.75) is 17.0 Å². The minimum absolute atomic E-state index is 0.239. The first-order valence-electron chi connectivity index (χ1n) is 8.73. The van der Waals surface area contributed by atoms with E-state index in [0.29, 0.717) is 18.9 Å². The van der Waals surface area contributed by atoms with E-state index in [1.165, 1.54) is 4.31 Å². The monoisotopic (exact) mass is 394 g/mol. The van der Waals surface area contributed by atoms with Crippen LogP contribution < -0.4 is 4.74 Å². The summed E-state index contributed by atoms with van der Waals surface area (Å²) in [5.74, 6) is 0.616. The quantitative estimate of drug-likeness (QED) is 0.731. The molecule has 2 aromatic rings. The summed E-state index contributed by atoms with van der Waals surface area (Å²) in [7, 11) is 3.56. The maximum atomic E-state index is 13.4. The van der Waals surface area contributed by atoms with Gasteiger partial charge in [-0.3, -0.25) is 4.68 Å². The van der Waals surface area contributed by atoms with Crippen molar-refractivity contribution in [2.24, 2.45) is 7.05 Å². The largest absolute Gasteiger partial charge is 0.497 e. The summed E-state index contributed by atoms with van der Waals surface area (Å²) < 4.78 is 41.1. The third-order valence-electron chi connectivity index (χ3n) is 4.58. The molecule has 2 atom stereocenters.